The molecule has 0 aromatic heterocycles. The minimum atomic E-state index is -2.53. The van der Waals surface area contributed by atoms with E-state index < -0.39 is 149 Å². The first-order chi connectivity index (χ1) is 21.2. The average Bonchev–Trinajstić information content (AvgIpc) is 3.28. The molecule has 264 valence electrons. The summed E-state index contributed by atoms with van der Waals surface area (Å²) in [4.78, 5) is 0. The third-order valence-corrected chi connectivity index (χ3v) is 8.23. The second-order valence-corrected chi connectivity index (χ2v) is 11.3. The summed E-state index contributed by atoms with van der Waals surface area (Å²) >= 11 is 0. The molecule has 0 aromatic carbocycles. The summed E-state index contributed by atoms with van der Waals surface area (Å²) in [5.74, 6) is -2.53. The molecule has 21 heteroatoms. The van der Waals surface area contributed by atoms with Crippen LogP contribution >= 0.6 is 0 Å². The first-order valence-electron chi connectivity index (χ1n) is 14.1. The zero-order valence-electron chi connectivity index (χ0n) is 23.5. The Labute approximate surface area is 254 Å². The van der Waals surface area contributed by atoms with Crippen LogP contribution in [0.3, 0.4) is 0 Å². The van der Waals surface area contributed by atoms with Crippen LogP contribution in [0.1, 0.15) is 0 Å². The summed E-state index contributed by atoms with van der Waals surface area (Å²) < 4.78 is 37.4. The molecule has 21 nitrogen and oxygen atoms in total. The Morgan fingerprint density at radius 3 is 1.33 bits per heavy atom. The molecule has 4 rings (SSSR count). The van der Waals surface area contributed by atoms with Crippen LogP contribution in [0.15, 0.2) is 0 Å². The molecular weight excluding hydrogens is 624 g/mol. The van der Waals surface area contributed by atoms with Gasteiger partial charge in [-0.3, -0.25) is 0 Å². The zero-order valence-corrected chi connectivity index (χ0v) is 23.5. The van der Waals surface area contributed by atoms with Gasteiger partial charge in [-0.1, -0.05) is 0 Å². The van der Waals surface area contributed by atoms with Crippen LogP contribution in [0.4, 0.5) is 0 Å². The molecular formula is C24H42O21. The predicted molar refractivity (Wildman–Crippen MR) is 134 cm³/mol. The van der Waals surface area contributed by atoms with E-state index in [1.54, 1.807) is 0 Å². The minimum Gasteiger partial charge on any atom is -0.394 e. The van der Waals surface area contributed by atoms with Crippen molar-refractivity contribution in [2.75, 3.05) is 33.0 Å². The molecule has 0 aliphatic carbocycles. The molecule has 4 saturated heterocycles. The Morgan fingerprint density at radius 2 is 0.889 bits per heavy atom. The number of hydrogen-bond acceptors (Lipinski definition) is 21. The van der Waals surface area contributed by atoms with Crippen LogP contribution in [0.2, 0.25) is 0 Å². The van der Waals surface area contributed by atoms with Crippen molar-refractivity contribution in [1.82, 2.24) is 0 Å². The number of hydrogen-bond donors (Lipinski definition) is 14. The summed E-state index contributed by atoms with van der Waals surface area (Å²) in [7, 11) is 0. The van der Waals surface area contributed by atoms with Crippen molar-refractivity contribution in [3.63, 3.8) is 0 Å². The summed E-state index contributed by atoms with van der Waals surface area (Å²) in [6, 6.07) is 0. The lowest BCUT2D eigenvalue weighted by molar-refractivity contribution is -0.346. The highest BCUT2D eigenvalue weighted by molar-refractivity contribution is 4.98. The van der Waals surface area contributed by atoms with Gasteiger partial charge in [-0.15, -0.1) is 0 Å². The fourth-order valence-corrected chi connectivity index (χ4v) is 5.39. The smallest absolute Gasteiger partial charge is 0.219 e. The molecule has 4 aliphatic heterocycles. The van der Waals surface area contributed by atoms with Crippen LogP contribution < -0.4 is 0 Å². The van der Waals surface area contributed by atoms with Gasteiger partial charge in [0.1, 0.15) is 91.6 Å². The van der Waals surface area contributed by atoms with Crippen LogP contribution in [-0.2, 0) is 33.2 Å². The number of ether oxygens (including phenoxy) is 7. The topological polar surface area (TPSA) is 348 Å². The van der Waals surface area contributed by atoms with E-state index in [1.165, 1.54) is 0 Å². The maximum atomic E-state index is 10.5. The SMILES string of the molecule is OC[C@H]1O[C@@H](OC[C@H]2O[C@@H](OC[C@H]3O[C@@H](O[C@@H]4[C@@H](CO)O[C@](O)(CO)[C@H]4O)[C@H](O)[C@@H](O)[C@H]3O)[C@H](O)[C@@H](O)[C@H]2O)[C@H](O)[C@@H](O)[C@H]1O. The van der Waals surface area contributed by atoms with E-state index in [9.17, 15) is 71.5 Å². The lowest BCUT2D eigenvalue weighted by Crippen LogP contribution is -2.63. The van der Waals surface area contributed by atoms with Gasteiger partial charge >= 0.3 is 0 Å². The van der Waals surface area contributed by atoms with Gasteiger partial charge < -0.3 is 105 Å². The second kappa shape index (κ2) is 15.1. The Morgan fingerprint density at radius 1 is 0.489 bits per heavy atom. The first-order valence-corrected chi connectivity index (χ1v) is 14.1. The zero-order chi connectivity index (χ0) is 33.4. The van der Waals surface area contributed by atoms with Gasteiger partial charge in [0, 0.05) is 0 Å². The Balaban J connectivity index is 1.38. The quantitative estimate of drug-likeness (QED) is 0.0973. The highest BCUT2D eigenvalue weighted by Crippen LogP contribution is 2.34. The molecule has 0 bridgehead atoms. The Kier molecular flexibility index (Phi) is 12.5. The van der Waals surface area contributed by atoms with E-state index in [0.717, 1.165) is 0 Å². The molecule has 0 radical (unpaired) electrons. The van der Waals surface area contributed by atoms with Gasteiger partial charge in [-0.2, -0.15) is 0 Å². The van der Waals surface area contributed by atoms with Crippen LogP contribution in [-0.4, -0.2) is 221 Å². The van der Waals surface area contributed by atoms with Crippen molar-refractivity contribution in [2.24, 2.45) is 0 Å². The average molecular weight is 667 g/mol. The number of aliphatic hydroxyl groups is 14. The van der Waals surface area contributed by atoms with Gasteiger partial charge in [0.05, 0.1) is 33.0 Å². The maximum absolute atomic E-state index is 10.5. The van der Waals surface area contributed by atoms with E-state index in [4.69, 9.17) is 33.2 Å². The lowest BCUT2D eigenvalue weighted by atomic mass is 9.98. The normalized spacial score (nSPS) is 52.7. The Hall–Kier alpha value is -0.840. The van der Waals surface area contributed by atoms with E-state index in [2.05, 4.69) is 0 Å². The van der Waals surface area contributed by atoms with Gasteiger partial charge in [-0.05, 0) is 0 Å². The number of aliphatic hydroxyl groups excluding tert-OH is 13. The Bertz CT molecular complexity index is 931. The molecule has 0 saturated carbocycles. The van der Waals surface area contributed by atoms with Gasteiger partial charge in [0.2, 0.25) is 5.79 Å². The monoisotopic (exact) mass is 666 g/mol. The third kappa shape index (κ3) is 7.44. The highest BCUT2D eigenvalue weighted by atomic mass is 16.8. The molecule has 4 aliphatic rings. The van der Waals surface area contributed by atoms with Gasteiger partial charge in [0.15, 0.2) is 18.9 Å². The highest BCUT2D eigenvalue weighted by Gasteiger charge is 2.57. The molecule has 0 aromatic rings. The van der Waals surface area contributed by atoms with Gasteiger partial charge in [0.25, 0.3) is 0 Å². The maximum Gasteiger partial charge on any atom is 0.219 e. The van der Waals surface area contributed by atoms with Crippen molar-refractivity contribution in [2.45, 2.75) is 116 Å². The standard InChI is InChI=1S/C24H42O21/c25-1-6-10(28)13(31)16(34)21(41-6)39-3-8-11(29)14(32)17(35)22(42-8)40-4-9-12(30)15(33)18(36)23(43-9)44-19-7(2-26)45-24(38,5-27)20(19)37/h6-23,25-38H,1-5H2/t6-,7-,8-,9-,10+,11+,12+,13+,14+,15+,16-,17-,18-,19-,20+,21-,22-,23+,24-/m1/s1. The van der Waals surface area contributed by atoms with E-state index >= 15 is 0 Å². The molecule has 0 spiro atoms. The first kappa shape index (κ1) is 37.0. The van der Waals surface area contributed by atoms with Crippen LogP contribution in [0, 0.1) is 0 Å². The van der Waals surface area contributed by atoms with Gasteiger partial charge in [-0.25, -0.2) is 0 Å². The van der Waals surface area contributed by atoms with E-state index in [0.29, 0.717) is 0 Å². The summed E-state index contributed by atoms with van der Waals surface area (Å²) in [5.41, 5.74) is 0. The molecule has 4 fully saturated rings. The molecule has 19 atom stereocenters. The number of rotatable bonds is 11. The summed E-state index contributed by atoms with van der Waals surface area (Å²) in [6.45, 7) is -3.99. The lowest BCUT2D eigenvalue weighted by Gasteiger charge is -2.44. The van der Waals surface area contributed by atoms with E-state index in [1.807, 2.05) is 0 Å². The third-order valence-electron chi connectivity index (χ3n) is 8.23. The molecule has 14 N–H and O–H groups in total. The largest absolute Gasteiger partial charge is 0.394 e. The second-order valence-electron chi connectivity index (χ2n) is 11.3. The van der Waals surface area contributed by atoms with Crippen molar-refractivity contribution in [1.29, 1.82) is 0 Å². The molecule has 0 amide bonds. The summed E-state index contributed by atoms with van der Waals surface area (Å²) in [5, 5.41) is 141. The van der Waals surface area contributed by atoms with Crippen molar-refractivity contribution >= 4 is 0 Å². The molecule has 45 heavy (non-hydrogen) atoms. The van der Waals surface area contributed by atoms with Crippen molar-refractivity contribution in [3.05, 3.63) is 0 Å². The molecule has 4 heterocycles. The fraction of sp³-hybridized carbons (Fsp3) is 1.00. The minimum absolute atomic E-state index is 0.644. The summed E-state index contributed by atoms with van der Waals surface area (Å²) in [6.07, 6.45) is -30.9. The van der Waals surface area contributed by atoms with E-state index in [-0.39, 0.29) is 0 Å². The fourth-order valence-electron chi connectivity index (χ4n) is 5.39. The van der Waals surface area contributed by atoms with Crippen LogP contribution in [0.25, 0.3) is 0 Å². The van der Waals surface area contributed by atoms with Crippen molar-refractivity contribution in [3.8, 4) is 0 Å². The predicted octanol–water partition coefficient (Wildman–Crippen LogP) is -9.75. The molecule has 0 unspecified atom stereocenters. The van der Waals surface area contributed by atoms with Crippen LogP contribution in [0.5, 0.6) is 0 Å². The van der Waals surface area contributed by atoms with Crippen molar-refractivity contribution < 1.29 is 105 Å².